The lowest BCUT2D eigenvalue weighted by Crippen LogP contribution is -2.59. The quantitative estimate of drug-likeness (QED) is 0.810. The highest BCUT2D eigenvalue weighted by molar-refractivity contribution is 5.78. The van der Waals surface area contributed by atoms with Crippen LogP contribution in [-0.2, 0) is 14.3 Å². The molecule has 0 aromatic carbocycles. The molecule has 3 aliphatic heterocycles. The molecule has 148 valence electrons. The van der Waals surface area contributed by atoms with Crippen LogP contribution in [-0.4, -0.2) is 71.6 Å². The second-order valence-electron chi connectivity index (χ2n) is 9.97. The summed E-state index contributed by atoms with van der Waals surface area (Å²) in [6.45, 7) is 11.2. The van der Waals surface area contributed by atoms with Crippen LogP contribution >= 0.6 is 0 Å². The minimum atomic E-state index is -0.252. The van der Waals surface area contributed by atoms with Crippen LogP contribution in [0.3, 0.4) is 0 Å². The molecule has 26 heavy (non-hydrogen) atoms. The molecule has 0 saturated carbocycles. The van der Waals surface area contributed by atoms with Crippen molar-refractivity contribution in [1.29, 1.82) is 0 Å². The molecule has 0 aromatic heterocycles. The molecule has 1 spiro atoms. The standard InChI is InChI=1S/C20H35N3O3/c1-18(2)11-15(12-19(3,4)21-18)10-16(24)23-8-6-20(7-9-23)14-22(5)17(25)13-26-20/h15,21H,6-14H2,1-5H3. The number of ether oxygens (including phenoxy) is 1. The lowest BCUT2D eigenvalue weighted by Gasteiger charge is -2.48. The highest BCUT2D eigenvalue weighted by Gasteiger charge is 2.43. The van der Waals surface area contributed by atoms with Gasteiger partial charge in [-0.3, -0.25) is 9.59 Å². The number of likely N-dealkylation sites (N-methyl/N-ethyl adjacent to an activating group) is 1. The van der Waals surface area contributed by atoms with Crippen molar-refractivity contribution in [2.45, 2.75) is 76.5 Å². The number of hydrogen-bond acceptors (Lipinski definition) is 4. The van der Waals surface area contributed by atoms with Gasteiger partial charge in [-0.1, -0.05) is 0 Å². The number of hydrogen-bond donors (Lipinski definition) is 1. The molecule has 6 nitrogen and oxygen atoms in total. The van der Waals surface area contributed by atoms with Gasteiger partial charge in [-0.2, -0.15) is 0 Å². The van der Waals surface area contributed by atoms with Crippen molar-refractivity contribution in [3.63, 3.8) is 0 Å². The topological polar surface area (TPSA) is 61.9 Å². The Morgan fingerprint density at radius 3 is 2.27 bits per heavy atom. The third kappa shape index (κ3) is 4.39. The number of nitrogens with one attached hydrogen (secondary N) is 1. The van der Waals surface area contributed by atoms with E-state index >= 15 is 0 Å². The van der Waals surface area contributed by atoms with E-state index in [4.69, 9.17) is 4.74 Å². The summed E-state index contributed by atoms with van der Waals surface area (Å²) in [5.41, 5.74) is -0.102. The minimum absolute atomic E-state index is 0.0465. The van der Waals surface area contributed by atoms with Crippen LogP contribution in [0.5, 0.6) is 0 Å². The molecule has 3 rings (SSSR count). The van der Waals surface area contributed by atoms with E-state index in [0.29, 0.717) is 18.9 Å². The molecule has 6 heteroatoms. The normalized spacial score (nSPS) is 28.4. The fourth-order valence-corrected chi connectivity index (χ4v) is 5.41. The van der Waals surface area contributed by atoms with Gasteiger partial charge in [0.25, 0.3) is 0 Å². The van der Waals surface area contributed by atoms with Crippen LogP contribution in [0.15, 0.2) is 0 Å². The fourth-order valence-electron chi connectivity index (χ4n) is 5.41. The summed E-state index contributed by atoms with van der Waals surface area (Å²) in [4.78, 5) is 28.3. The van der Waals surface area contributed by atoms with E-state index in [1.54, 1.807) is 4.90 Å². The monoisotopic (exact) mass is 365 g/mol. The maximum atomic E-state index is 12.9. The molecule has 0 unspecified atom stereocenters. The van der Waals surface area contributed by atoms with Gasteiger partial charge in [0.1, 0.15) is 6.61 Å². The van der Waals surface area contributed by atoms with Gasteiger partial charge < -0.3 is 19.9 Å². The average molecular weight is 366 g/mol. The first-order valence-electron chi connectivity index (χ1n) is 9.94. The van der Waals surface area contributed by atoms with Crippen molar-refractivity contribution < 1.29 is 14.3 Å². The Morgan fingerprint density at radius 2 is 1.73 bits per heavy atom. The molecule has 3 saturated heterocycles. The molecule has 0 aromatic rings. The molecule has 3 heterocycles. The SMILES string of the molecule is CN1CC2(CCN(C(=O)CC3CC(C)(C)NC(C)(C)C3)CC2)OCC1=O. The van der Waals surface area contributed by atoms with Crippen LogP contribution in [0, 0.1) is 5.92 Å². The Balaban J connectivity index is 1.53. The molecule has 0 aliphatic carbocycles. The van der Waals surface area contributed by atoms with Crippen molar-refractivity contribution in [2.75, 3.05) is 33.3 Å². The number of carbonyl (C=O) groups is 2. The van der Waals surface area contributed by atoms with Gasteiger partial charge in [-0.15, -0.1) is 0 Å². The zero-order chi connectivity index (χ0) is 19.2. The van der Waals surface area contributed by atoms with Gasteiger partial charge in [0.05, 0.1) is 5.60 Å². The number of piperidine rings is 2. The number of carbonyl (C=O) groups excluding carboxylic acids is 2. The Hall–Kier alpha value is -1.14. The van der Waals surface area contributed by atoms with Gasteiger partial charge in [0.15, 0.2) is 0 Å². The molecule has 0 bridgehead atoms. The van der Waals surface area contributed by atoms with Gasteiger partial charge in [-0.25, -0.2) is 0 Å². The van der Waals surface area contributed by atoms with Crippen LogP contribution in [0.25, 0.3) is 0 Å². The summed E-state index contributed by atoms with van der Waals surface area (Å²) in [6, 6.07) is 0. The van der Waals surface area contributed by atoms with E-state index in [0.717, 1.165) is 38.8 Å². The summed E-state index contributed by atoms with van der Waals surface area (Å²) in [6.07, 6.45) is 4.35. The molecule has 2 amide bonds. The van der Waals surface area contributed by atoms with Gasteiger partial charge in [0, 0.05) is 44.2 Å². The van der Waals surface area contributed by atoms with Crippen molar-refractivity contribution >= 4 is 11.8 Å². The fraction of sp³-hybridized carbons (Fsp3) is 0.900. The van der Waals surface area contributed by atoms with Crippen molar-refractivity contribution in [3.8, 4) is 0 Å². The Morgan fingerprint density at radius 1 is 1.15 bits per heavy atom. The average Bonchev–Trinajstić information content (AvgIpc) is 2.49. The summed E-state index contributed by atoms with van der Waals surface area (Å²) < 4.78 is 5.88. The van der Waals surface area contributed by atoms with Gasteiger partial charge in [0.2, 0.25) is 11.8 Å². The minimum Gasteiger partial charge on any atom is -0.363 e. The molecular weight excluding hydrogens is 330 g/mol. The number of amides is 2. The zero-order valence-electron chi connectivity index (χ0n) is 17.1. The Labute approximate surface area is 157 Å². The largest absolute Gasteiger partial charge is 0.363 e. The predicted octanol–water partition coefficient (Wildman–Crippen LogP) is 1.78. The molecule has 1 N–H and O–H groups in total. The maximum Gasteiger partial charge on any atom is 0.248 e. The molecule has 3 fully saturated rings. The van der Waals surface area contributed by atoms with E-state index < -0.39 is 0 Å². The lowest BCUT2D eigenvalue weighted by molar-refractivity contribution is -0.171. The first kappa shape index (κ1) is 19.6. The highest BCUT2D eigenvalue weighted by atomic mass is 16.5. The van der Waals surface area contributed by atoms with E-state index in [-0.39, 0.29) is 35.1 Å². The van der Waals surface area contributed by atoms with Crippen molar-refractivity contribution in [3.05, 3.63) is 0 Å². The van der Waals surface area contributed by atoms with Crippen LogP contribution in [0.4, 0.5) is 0 Å². The second kappa shape index (κ2) is 6.79. The summed E-state index contributed by atoms with van der Waals surface area (Å²) in [5, 5.41) is 3.69. The van der Waals surface area contributed by atoms with Crippen LogP contribution < -0.4 is 5.32 Å². The molecule has 3 aliphatic rings. The first-order chi connectivity index (χ1) is 12.0. The summed E-state index contributed by atoms with van der Waals surface area (Å²) in [5.74, 6) is 0.753. The first-order valence-corrected chi connectivity index (χ1v) is 9.94. The highest BCUT2D eigenvalue weighted by Crippen LogP contribution is 2.36. The van der Waals surface area contributed by atoms with Crippen molar-refractivity contribution in [1.82, 2.24) is 15.1 Å². The summed E-state index contributed by atoms with van der Waals surface area (Å²) in [7, 11) is 1.84. The summed E-state index contributed by atoms with van der Waals surface area (Å²) >= 11 is 0. The smallest absolute Gasteiger partial charge is 0.248 e. The zero-order valence-corrected chi connectivity index (χ0v) is 17.1. The van der Waals surface area contributed by atoms with E-state index in [1.165, 1.54) is 0 Å². The van der Waals surface area contributed by atoms with E-state index in [1.807, 2.05) is 11.9 Å². The number of likely N-dealkylation sites (tertiary alicyclic amines) is 1. The Bertz CT molecular complexity index is 549. The van der Waals surface area contributed by atoms with E-state index in [9.17, 15) is 9.59 Å². The Kier molecular flexibility index (Phi) is 5.12. The predicted molar refractivity (Wildman–Crippen MR) is 101 cm³/mol. The van der Waals surface area contributed by atoms with Gasteiger partial charge >= 0.3 is 0 Å². The molecular formula is C20H35N3O3. The molecule has 0 radical (unpaired) electrons. The number of morpholine rings is 1. The van der Waals surface area contributed by atoms with Gasteiger partial charge in [-0.05, 0) is 59.3 Å². The number of rotatable bonds is 2. The van der Waals surface area contributed by atoms with Crippen LogP contribution in [0.1, 0.15) is 59.8 Å². The van der Waals surface area contributed by atoms with E-state index in [2.05, 4.69) is 33.0 Å². The second-order valence-corrected chi connectivity index (χ2v) is 9.97. The third-order valence-electron chi connectivity index (χ3n) is 6.22. The lowest BCUT2D eigenvalue weighted by atomic mass is 9.74. The third-order valence-corrected chi connectivity index (χ3v) is 6.22. The molecule has 0 atom stereocenters. The van der Waals surface area contributed by atoms with Crippen molar-refractivity contribution in [2.24, 2.45) is 5.92 Å². The number of nitrogens with zero attached hydrogens (tertiary/aromatic N) is 2. The maximum absolute atomic E-state index is 12.9. The van der Waals surface area contributed by atoms with Crippen LogP contribution in [0.2, 0.25) is 0 Å².